The van der Waals surface area contributed by atoms with E-state index in [1.165, 1.54) is 22.8 Å². The molecule has 3 aromatic rings. The van der Waals surface area contributed by atoms with Gasteiger partial charge in [-0.05, 0) is 25.8 Å². The summed E-state index contributed by atoms with van der Waals surface area (Å²) in [5.74, 6) is -1.92. The Bertz CT molecular complexity index is 1320. The molecule has 4 heterocycles. The van der Waals surface area contributed by atoms with E-state index in [0.717, 1.165) is 12.3 Å². The van der Waals surface area contributed by atoms with Crippen LogP contribution in [0.15, 0.2) is 30.6 Å². The molecule has 3 aromatic heterocycles. The second kappa shape index (κ2) is 9.08. The lowest BCUT2D eigenvalue weighted by atomic mass is 9.95. The van der Waals surface area contributed by atoms with Crippen LogP contribution in [-0.2, 0) is 9.84 Å². The largest absolute Gasteiger partial charge is 0.482 e. The van der Waals surface area contributed by atoms with Crippen molar-refractivity contribution in [1.29, 1.82) is 0 Å². The quantitative estimate of drug-likeness (QED) is 0.526. The summed E-state index contributed by atoms with van der Waals surface area (Å²) in [4.78, 5) is 20.6. The van der Waals surface area contributed by atoms with Crippen molar-refractivity contribution in [3.63, 3.8) is 0 Å². The summed E-state index contributed by atoms with van der Waals surface area (Å²) in [5.41, 5.74) is -0.307. The van der Waals surface area contributed by atoms with Gasteiger partial charge in [0.05, 0.1) is 23.9 Å². The Kier molecular flexibility index (Phi) is 6.34. The van der Waals surface area contributed by atoms with Crippen LogP contribution in [0.25, 0.3) is 5.65 Å². The normalized spacial score (nSPS) is 17.0. The number of alkyl halides is 2. The first-order chi connectivity index (χ1) is 16.0. The topological polar surface area (TPSA) is 125 Å². The fourth-order valence-corrected chi connectivity index (χ4v) is 5.05. The molecule has 1 fully saturated rings. The first-order valence-corrected chi connectivity index (χ1v) is 12.0. The number of ether oxygens (including phenoxy) is 2. The summed E-state index contributed by atoms with van der Waals surface area (Å²) >= 11 is 0. The van der Waals surface area contributed by atoms with Gasteiger partial charge in [-0.15, -0.1) is 5.10 Å². The maximum Gasteiger partial charge on any atom is 0.272 e. The second-order valence-electron chi connectivity index (χ2n) is 8.03. The molecule has 0 unspecified atom stereocenters. The fraction of sp³-hybridized carbons (Fsp3) is 0.400. The lowest BCUT2D eigenvalue weighted by molar-refractivity contribution is 0.0801. The minimum absolute atomic E-state index is 0.00234. The predicted octanol–water partition coefficient (Wildman–Crippen LogP) is 2.40. The number of hydrogen-bond donors (Lipinski definition) is 1. The Morgan fingerprint density at radius 2 is 2.03 bits per heavy atom. The van der Waals surface area contributed by atoms with Gasteiger partial charge in [-0.3, -0.25) is 4.79 Å². The van der Waals surface area contributed by atoms with Gasteiger partial charge in [0.1, 0.15) is 28.0 Å². The zero-order valence-corrected chi connectivity index (χ0v) is 18.7. The van der Waals surface area contributed by atoms with Crippen molar-refractivity contribution in [3.8, 4) is 17.5 Å². The molecule has 1 saturated heterocycles. The molecule has 1 aliphatic rings. The van der Waals surface area contributed by atoms with Crippen molar-refractivity contribution in [1.82, 2.24) is 24.9 Å². The van der Waals surface area contributed by atoms with E-state index in [1.54, 1.807) is 6.92 Å². The van der Waals surface area contributed by atoms with Crippen molar-refractivity contribution in [2.75, 3.05) is 18.1 Å². The monoisotopic (exact) mass is 499 g/mol. The maximum absolute atomic E-state index is 13.4. The van der Waals surface area contributed by atoms with Crippen molar-refractivity contribution in [2.24, 2.45) is 0 Å². The van der Waals surface area contributed by atoms with Gasteiger partial charge in [-0.1, -0.05) is 0 Å². The highest BCUT2D eigenvalue weighted by Gasteiger charge is 2.35. The molecular formula is C20H20F3N5O5S. The van der Waals surface area contributed by atoms with Crippen molar-refractivity contribution >= 4 is 21.4 Å². The molecule has 14 heteroatoms. The van der Waals surface area contributed by atoms with E-state index in [2.05, 4.69) is 20.4 Å². The number of carbonyl (C=O) groups is 1. The minimum atomic E-state index is -3.09. The van der Waals surface area contributed by atoms with E-state index in [1.807, 2.05) is 0 Å². The van der Waals surface area contributed by atoms with Gasteiger partial charge in [0, 0.05) is 17.7 Å². The molecule has 0 bridgehead atoms. The third kappa shape index (κ3) is 5.55. The first-order valence-electron chi connectivity index (χ1n) is 10.2. The molecule has 0 spiro atoms. The van der Waals surface area contributed by atoms with Crippen LogP contribution in [0.1, 0.15) is 30.3 Å². The molecule has 4 rings (SSSR count). The van der Waals surface area contributed by atoms with E-state index in [0.29, 0.717) is 18.5 Å². The fourth-order valence-electron chi connectivity index (χ4n) is 3.32. The average Bonchev–Trinajstić information content (AvgIpc) is 3.20. The number of sulfone groups is 1. The number of halogens is 3. The molecular weight excluding hydrogens is 479 g/mol. The molecule has 0 aliphatic carbocycles. The SMILES string of the molecule is CC1(NC(=O)c2cn3nc(Oc4ncc(F)cc4OCC(F)F)ccc3n2)CCS(=O)(=O)CC1. The van der Waals surface area contributed by atoms with E-state index < -0.39 is 40.1 Å². The highest BCUT2D eigenvalue weighted by atomic mass is 32.2. The Morgan fingerprint density at radius 1 is 1.29 bits per heavy atom. The highest BCUT2D eigenvalue weighted by Crippen LogP contribution is 2.29. The molecule has 0 saturated carbocycles. The highest BCUT2D eigenvalue weighted by molar-refractivity contribution is 7.91. The number of amides is 1. The van der Waals surface area contributed by atoms with Crippen molar-refractivity contribution in [2.45, 2.75) is 31.7 Å². The number of nitrogens with one attached hydrogen (secondary N) is 1. The van der Waals surface area contributed by atoms with E-state index in [4.69, 9.17) is 9.47 Å². The molecule has 34 heavy (non-hydrogen) atoms. The zero-order chi connectivity index (χ0) is 24.5. The van der Waals surface area contributed by atoms with Gasteiger partial charge in [0.25, 0.3) is 18.2 Å². The number of nitrogens with zero attached hydrogens (tertiary/aromatic N) is 4. The summed E-state index contributed by atoms with van der Waals surface area (Å²) in [6.45, 7) is 0.807. The lowest BCUT2D eigenvalue weighted by Crippen LogP contribution is -2.51. The average molecular weight is 499 g/mol. The number of hydrogen-bond acceptors (Lipinski definition) is 8. The van der Waals surface area contributed by atoms with Crippen molar-refractivity contribution in [3.05, 3.63) is 42.1 Å². The second-order valence-corrected chi connectivity index (χ2v) is 10.3. The van der Waals surface area contributed by atoms with Crippen LogP contribution in [-0.4, -0.2) is 64.0 Å². The minimum Gasteiger partial charge on any atom is -0.482 e. The van der Waals surface area contributed by atoms with Crippen LogP contribution in [0.3, 0.4) is 0 Å². The standard InChI is InChI=1S/C20H20F3N5O5S/c1-20(4-6-34(30,31)7-5-20)26-18(29)13-10-28-16(25-13)2-3-17(27-28)33-19-14(32-11-15(22)23)8-12(21)9-24-19/h2-3,8-10,15H,4-7,11H2,1H3,(H,26,29). The Hall–Kier alpha value is -3.42. The molecule has 10 nitrogen and oxygen atoms in total. The van der Waals surface area contributed by atoms with Gasteiger partial charge < -0.3 is 14.8 Å². The lowest BCUT2D eigenvalue weighted by Gasteiger charge is -2.34. The van der Waals surface area contributed by atoms with E-state index in [-0.39, 0.29) is 34.7 Å². The summed E-state index contributed by atoms with van der Waals surface area (Å²) in [6.07, 6.45) is 0.00448. The number of aromatic nitrogens is 4. The summed E-state index contributed by atoms with van der Waals surface area (Å²) in [7, 11) is -3.09. The zero-order valence-electron chi connectivity index (χ0n) is 17.9. The number of rotatable bonds is 7. The van der Waals surface area contributed by atoms with Gasteiger partial charge in [0.2, 0.25) is 5.88 Å². The molecule has 182 valence electrons. The Morgan fingerprint density at radius 3 is 2.74 bits per heavy atom. The number of fused-ring (bicyclic) bond motifs is 1. The van der Waals surface area contributed by atoms with Gasteiger partial charge >= 0.3 is 0 Å². The molecule has 0 radical (unpaired) electrons. The first kappa shape index (κ1) is 23.7. The van der Waals surface area contributed by atoms with E-state index in [9.17, 15) is 26.4 Å². The number of carbonyl (C=O) groups excluding carboxylic acids is 1. The smallest absolute Gasteiger partial charge is 0.272 e. The molecule has 1 aliphatic heterocycles. The van der Waals surface area contributed by atoms with Crippen LogP contribution < -0.4 is 14.8 Å². The number of imidazole rings is 1. The van der Waals surface area contributed by atoms with Gasteiger partial charge in [-0.2, -0.15) is 0 Å². The summed E-state index contributed by atoms with van der Waals surface area (Å²) < 4.78 is 73.3. The number of pyridine rings is 1. The van der Waals surface area contributed by atoms with Gasteiger partial charge in [0.15, 0.2) is 11.4 Å². The van der Waals surface area contributed by atoms with Crippen LogP contribution in [0, 0.1) is 5.82 Å². The third-order valence-electron chi connectivity index (χ3n) is 5.22. The molecule has 1 amide bonds. The van der Waals surface area contributed by atoms with Gasteiger partial charge in [-0.25, -0.2) is 36.1 Å². The van der Waals surface area contributed by atoms with Crippen LogP contribution in [0.2, 0.25) is 0 Å². The predicted molar refractivity (Wildman–Crippen MR) is 113 cm³/mol. The molecule has 1 N–H and O–H groups in total. The van der Waals surface area contributed by atoms with E-state index >= 15 is 0 Å². The molecule has 0 aromatic carbocycles. The Balaban J connectivity index is 1.50. The van der Waals surface area contributed by atoms with Crippen molar-refractivity contribution < 1.29 is 35.9 Å². The Labute approximate surface area is 192 Å². The summed E-state index contributed by atoms with van der Waals surface area (Å²) in [6, 6.07) is 3.76. The van der Waals surface area contributed by atoms with Crippen LogP contribution in [0.4, 0.5) is 13.2 Å². The molecule has 0 atom stereocenters. The maximum atomic E-state index is 13.4. The summed E-state index contributed by atoms with van der Waals surface area (Å²) in [5, 5.41) is 6.99. The van der Waals surface area contributed by atoms with Crippen LogP contribution >= 0.6 is 0 Å². The van der Waals surface area contributed by atoms with Crippen LogP contribution in [0.5, 0.6) is 17.5 Å². The third-order valence-corrected chi connectivity index (χ3v) is 6.88.